The molecule has 0 fully saturated rings. The molecule has 0 aromatic carbocycles. The van der Waals surface area contributed by atoms with E-state index in [2.05, 4.69) is 93.7 Å². The number of esters is 3. The van der Waals surface area contributed by atoms with Gasteiger partial charge in [-0.25, -0.2) is 0 Å². The summed E-state index contributed by atoms with van der Waals surface area (Å²) in [4.78, 5) is 38.1. The lowest BCUT2D eigenvalue weighted by Gasteiger charge is -2.18. The van der Waals surface area contributed by atoms with Gasteiger partial charge in [0.15, 0.2) is 6.10 Å². The fourth-order valence-corrected chi connectivity index (χ4v) is 7.66. The van der Waals surface area contributed by atoms with Gasteiger partial charge < -0.3 is 14.2 Å². The highest BCUT2D eigenvalue weighted by Crippen LogP contribution is 2.14. The van der Waals surface area contributed by atoms with E-state index in [1.54, 1.807) is 0 Å². The van der Waals surface area contributed by atoms with Crippen LogP contribution in [-0.4, -0.2) is 37.2 Å². The number of allylic oxidation sites excluding steroid dienone is 12. The van der Waals surface area contributed by atoms with Crippen molar-refractivity contribution in [1.29, 1.82) is 0 Å². The van der Waals surface area contributed by atoms with Gasteiger partial charge in [-0.3, -0.25) is 14.4 Å². The summed E-state index contributed by atoms with van der Waals surface area (Å²) in [6.07, 6.45) is 68.9. The van der Waals surface area contributed by atoms with Crippen LogP contribution in [0.15, 0.2) is 72.9 Å². The fraction of sp³-hybridized carbons (Fsp3) is 0.750. The minimum atomic E-state index is -0.806. The second kappa shape index (κ2) is 54.5. The molecule has 0 amide bonds. The van der Waals surface area contributed by atoms with Crippen LogP contribution in [0.4, 0.5) is 0 Å². The van der Waals surface area contributed by atoms with Crippen LogP contribution in [-0.2, 0) is 28.6 Å². The molecule has 0 aliphatic carbocycles. The zero-order valence-electron chi connectivity index (χ0n) is 43.4. The van der Waals surface area contributed by atoms with E-state index in [4.69, 9.17) is 14.2 Å². The molecule has 0 saturated carbocycles. The van der Waals surface area contributed by atoms with Crippen LogP contribution in [0, 0.1) is 0 Å². The molecule has 0 saturated heterocycles. The lowest BCUT2D eigenvalue weighted by Crippen LogP contribution is -2.30. The predicted molar refractivity (Wildman–Crippen MR) is 284 cm³/mol. The summed E-state index contributed by atoms with van der Waals surface area (Å²) in [5.74, 6) is -0.973. The van der Waals surface area contributed by atoms with Gasteiger partial charge in [0.05, 0.1) is 0 Å². The van der Waals surface area contributed by atoms with Gasteiger partial charge in [-0.1, -0.05) is 216 Å². The molecular weight excluding hydrogens is 817 g/mol. The van der Waals surface area contributed by atoms with E-state index in [0.717, 1.165) is 83.5 Å². The van der Waals surface area contributed by atoms with Crippen molar-refractivity contribution in [1.82, 2.24) is 0 Å². The predicted octanol–water partition coefficient (Wildman–Crippen LogP) is 18.6. The van der Waals surface area contributed by atoms with Crippen LogP contribution in [0.2, 0.25) is 0 Å². The van der Waals surface area contributed by atoms with Crippen molar-refractivity contribution in [2.45, 2.75) is 277 Å². The van der Waals surface area contributed by atoms with Crippen LogP contribution in [0.5, 0.6) is 0 Å². The highest BCUT2D eigenvalue weighted by Gasteiger charge is 2.19. The van der Waals surface area contributed by atoms with E-state index in [-0.39, 0.29) is 37.5 Å². The molecule has 0 bridgehead atoms. The van der Waals surface area contributed by atoms with Crippen molar-refractivity contribution in [2.24, 2.45) is 0 Å². The van der Waals surface area contributed by atoms with E-state index in [1.165, 1.54) is 141 Å². The van der Waals surface area contributed by atoms with Gasteiger partial charge in [-0.2, -0.15) is 0 Å². The van der Waals surface area contributed by atoms with Crippen molar-refractivity contribution in [3.63, 3.8) is 0 Å². The Morgan fingerprint density at radius 3 is 0.970 bits per heavy atom. The first kappa shape index (κ1) is 62.8. The van der Waals surface area contributed by atoms with Crippen LogP contribution in [0.3, 0.4) is 0 Å². The molecule has 0 aromatic heterocycles. The number of carbonyl (C=O) groups is 3. The number of hydrogen-bond donors (Lipinski definition) is 0. The van der Waals surface area contributed by atoms with Gasteiger partial charge in [-0.05, 0) is 109 Å². The first-order valence-electron chi connectivity index (χ1n) is 27.9. The molecule has 0 aromatic rings. The van der Waals surface area contributed by atoms with Gasteiger partial charge >= 0.3 is 17.9 Å². The van der Waals surface area contributed by atoms with Crippen LogP contribution < -0.4 is 0 Å². The Labute approximate surface area is 408 Å². The first-order valence-corrected chi connectivity index (χ1v) is 27.9. The van der Waals surface area contributed by atoms with Crippen molar-refractivity contribution in [2.75, 3.05) is 13.2 Å². The number of hydrogen-bond acceptors (Lipinski definition) is 6. The topological polar surface area (TPSA) is 78.9 Å². The third kappa shape index (κ3) is 51.8. The second-order valence-corrected chi connectivity index (χ2v) is 18.5. The van der Waals surface area contributed by atoms with Crippen molar-refractivity contribution >= 4 is 17.9 Å². The maximum absolute atomic E-state index is 12.8. The summed E-state index contributed by atoms with van der Waals surface area (Å²) in [7, 11) is 0. The molecule has 380 valence electrons. The van der Waals surface area contributed by atoms with Crippen LogP contribution in [0.1, 0.15) is 271 Å². The summed E-state index contributed by atoms with van der Waals surface area (Å²) in [6, 6.07) is 0. The molecule has 66 heavy (non-hydrogen) atoms. The molecule has 6 nitrogen and oxygen atoms in total. The largest absolute Gasteiger partial charge is 0.462 e. The third-order valence-electron chi connectivity index (χ3n) is 11.9. The number of unbranched alkanes of at least 4 members (excludes halogenated alkanes) is 27. The van der Waals surface area contributed by atoms with Crippen LogP contribution >= 0.6 is 0 Å². The quantitative estimate of drug-likeness (QED) is 0.0262. The summed E-state index contributed by atoms with van der Waals surface area (Å²) >= 11 is 0. The molecule has 0 rings (SSSR count). The van der Waals surface area contributed by atoms with Gasteiger partial charge in [0.2, 0.25) is 0 Å². The molecule has 0 aliphatic heterocycles. The van der Waals surface area contributed by atoms with Gasteiger partial charge in [-0.15, -0.1) is 0 Å². The molecule has 0 heterocycles. The normalized spacial score (nSPS) is 12.6. The zero-order chi connectivity index (χ0) is 47.9. The van der Waals surface area contributed by atoms with E-state index in [0.29, 0.717) is 19.3 Å². The smallest absolute Gasteiger partial charge is 0.306 e. The number of carbonyl (C=O) groups excluding carboxylic acids is 3. The molecule has 0 spiro atoms. The molecule has 0 N–H and O–H groups in total. The monoisotopic (exact) mass is 921 g/mol. The Morgan fingerprint density at radius 1 is 0.303 bits per heavy atom. The average molecular weight is 921 g/mol. The summed E-state index contributed by atoms with van der Waals surface area (Å²) in [5.41, 5.74) is 0. The van der Waals surface area contributed by atoms with Gasteiger partial charge in [0.1, 0.15) is 13.2 Å². The van der Waals surface area contributed by atoms with Crippen LogP contribution in [0.25, 0.3) is 0 Å². The third-order valence-corrected chi connectivity index (χ3v) is 11.9. The molecule has 0 aliphatic rings. The molecule has 6 heteroatoms. The number of rotatable bonds is 50. The van der Waals surface area contributed by atoms with E-state index >= 15 is 0 Å². The average Bonchev–Trinajstić information content (AvgIpc) is 3.31. The summed E-state index contributed by atoms with van der Waals surface area (Å²) in [6.45, 7) is 6.55. The fourth-order valence-electron chi connectivity index (χ4n) is 7.66. The standard InChI is InChI=1S/C60H104O6/c1-4-7-10-13-16-19-22-25-28-30-32-35-38-41-44-47-50-53-59(62)65-56-57(55-64-58(61)52-49-46-43-40-37-34-27-24-21-18-15-12-9-6-3)66-60(63)54-51-48-45-42-39-36-33-31-29-26-23-20-17-14-11-8-5-2/h17,20,25-26,28-29,32,34-35,37,41,44,57H,4-16,18-19,21-24,27,30-31,33,36,38-40,42-43,45-56H2,1-3H3/b20-17-,28-25-,29-26-,35-32-,37-34-,44-41-. The Balaban J connectivity index is 4.48. The second-order valence-electron chi connectivity index (χ2n) is 18.5. The molecular formula is C60H104O6. The Kier molecular flexibility index (Phi) is 51.9. The minimum Gasteiger partial charge on any atom is -0.462 e. The maximum atomic E-state index is 12.8. The minimum absolute atomic E-state index is 0.102. The van der Waals surface area contributed by atoms with Crippen molar-refractivity contribution in [3.8, 4) is 0 Å². The lowest BCUT2D eigenvalue weighted by molar-refractivity contribution is -0.167. The first-order chi connectivity index (χ1) is 32.5. The number of ether oxygens (including phenoxy) is 3. The summed E-state index contributed by atoms with van der Waals surface area (Å²) in [5, 5.41) is 0. The SMILES string of the molecule is CCCCC/C=C\C/C=C\CCCCCCCCCC(=O)OC(COC(=O)CCC/C=C\C/C=C\C/C=C\CCCCCCCC)COC(=O)CCCCC/C=C\CCCCCCCCC. The van der Waals surface area contributed by atoms with Crippen molar-refractivity contribution < 1.29 is 28.6 Å². The molecule has 1 unspecified atom stereocenters. The molecule has 1 atom stereocenters. The van der Waals surface area contributed by atoms with E-state index in [9.17, 15) is 14.4 Å². The van der Waals surface area contributed by atoms with Gasteiger partial charge in [0.25, 0.3) is 0 Å². The zero-order valence-corrected chi connectivity index (χ0v) is 43.4. The maximum Gasteiger partial charge on any atom is 0.306 e. The lowest BCUT2D eigenvalue weighted by atomic mass is 10.1. The molecule has 0 radical (unpaired) electrons. The summed E-state index contributed by atoms with van der Waals surface area (Å²) < 4.78 is 16.8. The van der Waals surface area contributed by atoms with E-state index in [1.807, 2.05) is 0 Å². The highest BCUT2D eigenvalue weighted by molar-refractivity contribution is 5.71. The Morgan fingerprint density at radius 2 is 0.561 bits per heavy atom. The van der Waals surface area contributed by atoms with Crippen molar-refractivity contribution in [3.05, 3.63) is 72.9 Å². The van der Waals surface area contributed by atoms with E-state index < -0.39 is 6.10 Å². The highest BCUT2D eigenvalue weighted by atomic mass is 16.6. The Hall–Kier alpha value is -3.15. The van der Waals surface area contributed by atoms with Gasteiger partial charge in [0, 0.05) is 19.3 Å². The Bertz CT molecular complexity index is 1240.